The number of rotatable bonds is 3. The molecular weight excluding hydrogens is 296 g/mol. The Balaban J connectivity index is 1.64. The zero-order chi connectivity index (χ0) is 15.7. The molecule has 0 saturated carbocycles. The predicted molar refractivity (Wildman–Crippen MR) is 71.7 cm³/mol. The van der Waals surface area contributed by atoms with Gasteiger partial charge in [0.2, 0.25) is 17.8 Å². The lowest BCUT2D eigenvalue weighted by Crippen LogP contribution is -2.36. The Hall–Kier alpha value is -2.84. The van der Waals surface area contributed by atoms with Crippen LogP contribution >= 0.6 is 0 Å². The fourth-order valence-corrected chi connectivity index (χ4v) is 2.17. The fourth-order valence-electron chi connectivity index (χ4n) is 2.17. The molecule has 0 bridgehead atoms. The summed E-state index contributed by atoms with van der Waals surface area (Å²) < 4.78 is 27.4. The van der Waals surface area contributed by atoms with Crippen LogP contribution in [0.5, 0.6) is 0 Å². The van der Waals surface area contributed by atoms with E-state index in [-0.39, 0.29) is 24.6 Å². The molecule has 1 aliphatic heterocycles. The van der Waals surface area contributed by atoms with E-state index >= 15 is 0 Å². The Morgan fingerprint density at radius 2 is 2.23 bits per heavy atom. The summed E-state index contributed by atoms with van der Waals surface area (Å²) in [5.41, 5.74) is 0.126. The molecule has 3 rings (SSSR count). The van der Waals surface area contributed by atoms with Crippen molar-refractivity contribution in [3.8, 4) is 0 Å². The van der Waals surface area contributed by atoms with Gasteiger partial charge in [-0.05, 0) is 12.1 Å². The average Bonchev–Trinajstić information content (AvgIpc) is 2.90. The molecular formula is C13H11F2N5O2. The minimum atomic E-state index is -1.06. The molecule has 9 heteroatoms. The van der Waals surface area contributed by atoms with Gasteiger partial charge in [-0.2, -0.15) is 10.1 Å². The summed E-state index contributed by atoms with van der Waals surface area (Å²) in [7, 11) is 0. The summed E-state index contributed by atoms with van der Waals surface area (Å²) in [6, 6.07) is 3.04. The number of aromatic nitrogens is 3. The second-order valence-corrected chi connectivity index (χ2v) is 4.83. The number of carbonyl (C=O) groups is 2. The molecule has 0 spiro atoms. The number of nitrogens with one attached hydrogen (secondary N) is 2. The normalized spacial score (nSPS) is 16.8. The van der Waals surface area contributed by atoms with Gasteiger partial charge in [0.25, 0.3) is 0 Å². The number of fused-ring (bicyclic) bond motifs is 1. The van der Waals surface area contributed by atoms with Gasteiger partial charge in [0.05, 0.1) is 12.5 Å². The zero-order valence-corrected chi connectivity index (χ0v) is 11.2. The summed E-state index contributed by atoms with van der Waals surface area (Å²) in [5, 5.41) is 8.88. The van der Waals surface area contributed by atoms with E-state index in [1.807, 2.05) is 0 Å². The SMILES string of the molecule is O=C(C[C@H]1Cn2ncnc2NC1=O)Nc1ccc(F)c(F)c1. The molecule has 0 radical (unpaired) electrons. The Morgan fingerprint density at radius 1 is 1.41 bits per heavy atom. The quantitative estimate of drug-likeness (QED) is 0.890. The van der Waals surface area contributed by atoms with Crippen molar-refractivity contribution < 1.29 is 18.4 Å². The highest BCUT2D eigenvalue weighted by atomic mass is 19.2. The van der Waals surface area contributed by atoms with Gasteiger partial charge in [-0.3, -0.25) is 14.9 Å². The maximum Gasteiger partial charge on any atom is 0.232 e. The van der Waals surface area contributed by atoms with Crippen LogP contribution in [0, 0.1) is 17.6 Å². The minimum Gasteiger partial charge on any atom is -0.326 e. The monoisotopic (exact) mass is 307 g/mol. The van der Waals surface area contributed by atoms with E-state index < -0.39 is 23.5 Å². The third kappa shape index (κ3) is 2.78. The van der Waals surface area contributed by atoms with Crippen LogP contribution in [0.15, 0.2) is 24.5 Å². The molecule has 1 aromatic carbocycles. The molecule has 0 saturated heterocycles. The van der Waals surface area contributed by atoms with Gasteiger partial charge in [-0.1, -0.05) is 0 Å². The van der Waals surface area contributed by atoms with Crippen LogP contribution in [0.2, 0.25) is 0 Å². The lowest BCUT2D eigenvalue weighted by atomic mass is 10.0. The van der Waals surface area contributed by atoms with Crippen LogP contribution in [0.25, 0.3) is 0 Å². The van der Waals surface area contributed by atoms with Crippen molar-refractivity contribution in [3.05, 3.63) is 36.2 Å². The highest BCUT2D eigenvalue weighted by molar-refractivity contribution is 5.98. The average molecular weight is 307 g/mol. The van der Waals surface area contributed by atoms with Crippen LogP contribution in [0.3, 0.4) is 0 Å². The van der Waals surface area contributed by atoms with E-state index in [4.69, 9.17) is 0 Å². The number of hydrogen-bond acceptors (Lipinski definition) is 4. The molecule has 1 atom stereocenters. The maximum atomic E-state index is 13.1. The largest absolute Gasteiger partial charge is 0.326 e. The number of halogens is 2. The molecule has 2 N–H and O–H groups in total. The first-order valence-corrected chi connectivity index (χ1v) is 6.46. The van der Waals surface area contributed by atoms with Crippen LogP contribution < -0.4 is 10.6 Å². The summed E-state index contributed by atoms with van der Waals surface area (Å²) in [5.74, 6) is -3.14. The van der Waals surface area contributed by atoms with E-state index in [9.17, 15) is 18.4 Å². The van der Waals surface area contributed by atoms with Crippen molar-refractivity contribution in [2.24, 2.45) is 5.92 Å². The highest BCUT2D eigenvalue weighted by Gasteiger charge is 2.29. The molecule has 7 nitrogen and oxygen atoms in total. The molecule has 1 aromatic heterocycles. The zero-order valence-electron chi connectivity index (χ0n) is 11.2. The molecule has 1 aliphatic rings. The van der Waals surface area contributed by atoms with Crippen molar-refractivity contribution in [1.29, 1.82) is 0 Å². The predicted octanol–water partition coefficient (Wildman–Crippen LogP) is 1.15. The topological polar surface area (TPSA) is 88.9 Å². The van der Waals surface area contributed by atoms with Crippen LogP contribution in [0.4, 0.5) is 20.4 Å². The Kier molecular flexibility index (Phi) is 3.53. The number of amides is 2. The lowest BCUT2D eigenvalue weighted by molar-refractivity contribution is -0.125. The first kappa shape index (κ1) is 14.1. The van der Waals surface area contributed by atoms with Gasteiger partial charge in [0.1, 0.15) is 6.33 Å². The van der Waals surface area contributed by atoms with Crippen molar-refractivity contribution in [1.82, 2.24) is 14.8 Å². The van der Waals surface area contributed by atoms with E-state index in [1.165, 1.54) is 17.1 Å². The van der Waals surface area contributed by atoms with Gasteiger partial charge in [0, 0.05) is 18.2 Å². The van der Waals surface area contributed by atoms with Gasteiger partial charge in [-0.25, -0.2) is 13.5 Å². The first-order valence-electron chi connectivity index (χ1n) is 6.46. The summed E-state index contributed by atoms with van der Waals surface area (Å²) in [6.45, 7) is 0.229. The molecule has 2 amide bonds. The van der Waals surface area contributed by atoms with Gasteiger partial charge in [-0.15, -0.1) is 0 Å². The molecule has 0 aliphatic carbocycles. The van der Waals surface area contributed by atoms with Crippen LogP contribution in [-0.2, 0) is 16.1 Å². The van der Waals surface area contributed by atoms with Crippen molar-refractivity contribution >= 4 is 23.5 Å². The molecule has 2 heterocycles. The van der Waals surface area contributed by atoms with E-state index in [0.29, 0.717) is 5.95 Å². The molecule has 0 unspecified atom stereocenters. The standard InChI is InChI=1S/C13H11F2N5O2/c14-9-2-1-8(4-10(9)15)18-11(21)3-7-5-20-13(16-6-17-20)19-12(7)22/h1-2,4,6-7H,3,5H2,(H,18,21)(H,16,17,19,22)/t7-/m0/s1. The van der Waals surface area contributed by atoms with Crippen molar-refractivity contribution in [3.63, 3.8) is 0 Å². The Labute approximate surface area is 123 Å². The molecule has 22 heavy (non-hydrogen) atoms. The maximum absolute atomic E-state index is 13.1. The Bertz CT molecular complexity index is 746. The highest BCUT2D eigenvalue weighted by Crippen LogP contribution is 2.19. The van der Waals surface area contributed by atoms with E-state index in [2.05, 4.69) is 20.7 Å². The second-order valence-electron chi connectivity index (χ2n) is 4.83. The number of benzene rings is 1. The number of nitrogens with zero attached hydrogens (tertiary/aromatic N) is 3. The van der Waals surface area contributed by atoms with Crippen LogP contribution in [0.1, 0.15) is 6.42 Å². The third-order valence-electron chi connectivity index (χ3n) is 3.25. The van der Waals surface area contributed by atoms with Gasteiger partial charge >= 0.3 is 0 Å². The smallest absolute Gasteiger partial charge is 0.232 e. The van der Waals surface area contributed by atoms with Crippen molar-refractivity contribution in [2.75, 3.05) is 10.6 Å². The summed E-state index contributed by atoms with van der Waals surface area (Å²) in [6.07, 6.45) is 1.20. The third-order valence-corrected chi connectivity index (χ3v) is 3.25. The number of carbonyl (C=O) groups excluding carboxylic acids is 2. The van der Waals surface area contributed by atoms with Crippen LogP contribution in [-0.4, -0.2) is 26.6 Å². The van der Waals surface area contributed by atoms with E-state index in [0.717, 1.165) is 12.1 Å². The lowest BCUT2D eigenvalue weighted by Gasteiger charge is -2.21. The van der Waals surface area contributed by atoms with Gasteiger partial charge in [0.15, 0.2) is 11.6 Å². The number of hydrogen-bond donors (Lipinski definition) is 2. The number of anilines is 2. The van der Waals surface area contributed by atoms with Gasteiger partial charge < -0.3 is 5.32 Å². The first-order chi connectivity index (χ1) is 10.5. The van der Waals surface area contributed by atoms with E-state index in [1.54, 1.807) is 0 Å². The molecule has 114 valence electrons. The second kappa shape index (κ2) is 5.51. The summed E-state index contributed by atoms with van der Waals surface area (Å²) in [4.78, 5) is 27.6. The molecule has 0 fully saturated rings. The van der Waals surface area contributed by atoms with Crippen molar-refractivity contribution in [2.45, 2.75) is 13.0 Å². The molecule has 2 aromatic rings. The summed E-state index contributed by atoms with van der Waals surface area (Å²) >= 11 is 0. The fraction of sp³-hybridized carbons (Fsp3) is 0.231. The minimum absolute atomic E-state index is 0.107. The Morgan fingerprint density at radius 3 is 3.00 bits per heavy atom.